The van der Waals surface area contributed by atoms with Crippen LogP contribution in [0.1, 0.15) is 25.0 Å². The van der Waals surface area contributed by atoms with Gasteiger partial charge in [-0.3, -0.25) is 9.78 Å². The third kappa shape index (κ3) is 4.83. The Balaban J connectivity index is 2.32. The van der Waals surface area contributed by atoms with Crippen molar-refractivity contribution < 1.29 is 13.9 Å². The summed E-state index contributed by atoms with van der Waals surface area (Å²) < 4.78 is 19.4. The number of nitrogens with zero attached hydrogens (tertiary/aromatic N) is 3. The highest BCUT2D eigenvalue weighted by Gasteiger charge is 2.19. The minimum absolute atomic E-state index is 0.0490. The zero-order valence-corrected chi connectivity index (χ0v) is 19.4. The highest BCUT2D eigenvalue weighted by atomic mass is 35.5. The van der Waals surface area contributed by atoms with E-state index < -0.39 is 11.7 Å². The van der Waals surface area contributed by atoms with Gasteiger partial charge in [0, 0.05) is 43.0 Å². The maximum atomic E-state index is 13.6. The first-order valence-electron chi connectivity index (χ1n) is 10.1. The van der Waals surface area contributed by atoms with E-state index in [0.717, 1.165) is 0 Å². The van der Waals surface area contributed by atoms with E-state index in [1.54, 1.807) is 38.1 Å². The van der Waals surface area contributed by atoms with Crippen LogP contribution in [0.4, 0.5) is 15.8 Å². The van der Waals surface area contributed by atoms with E-state index in [9.17, 15) is 14.4 Å². The number of likely N-dealkylation sites (N-methyl/N-ethyl adjacent to an activating group) is 1. The van der Waals surface area contributed by atoms with Crippen molar-refractivity contribution in [2.24, 2.45) is 5.73 Å². The number of allylic oxidation sites excluding steroid dienone is 1. The number of halogens is 2. The van der Waals surface area contributed by atoms with Gasteiger partial charge in [-0.25, -0.2) is 4.39 Å². The van der Waals surface area contributed by atoms with Gasteiger partial charge in [0.2, 0.25) is 0 Å². The van der Waals surface area contributed by atoms with Gasteiger partial charge in [0.15, 0.2) is 0 Å². The number of hydrogen-bond donors (Lipinski definition) is 2. The van der Waals surface area contributed by atoms with Crippen molar-refractivity contribution >= 4 is 45.4 Å². The van der Waals surface area contributed by atoms with E-state index in [1.807, 2.05) is 6.92 Å². The maximum Gasteiger partial charge on any atom is 0.265 e. The van der Waals surface area contributed by atoms with Gasteiger partial charge in [0.05, 0.1) is 28.4 Å². The Morgan fingerprint density at radius 2 is 2.06 bits per heavy atom. The summed E-state index contributed by atoms with van der Waals surface area (Å²) in [5.74, 6) is -0.603. The van der Waals surface area contributed by atoms with Crippen molar-refractivity contribution in [1.82, 2.24) is 9.88 Å². The lowest BCUT2D eigenvalue weighted by Gasteiger charge is -2.20. The van der Waals surface area contributed by atoms with Crippen LogP contribution in [-0.2, 0) is 4.79 Å². The monoisotopic (exact) mass is 467 g/mol. The van der Waals surface area contributed by atoms with E-state index in [-0.39, 0.29) is 10.6 Å². The Morgan fingerprint density at radius 3 is 2.64 bits per heavy atom. The molecule has 1 amide bonds. The molecule has 0 unspecified atom stereocenters. The summed E-state index contributed by atoms with van der Waals surface area (Å²) in [6.45, 7) is 4.03. The van der Waals surface area contributed by atoms with Gasteiger partial charge in [-0.15, -0.1) is 0 Å². The summed E-state index contributed by atoms with van der Waals surface area (Å²) in [6, 6.07) is 9.86. The van der Waals surface area contributed by atoms with Crippen LogP contribution >= 0.6 is 11.6 Å². The number of pyridine rings is 1. The molecular formula is C24H23ClFN5O2. The molecule has 2 aromatic carbocycles. The summed E-state index contributed by atoms with van der Waals surface area (Å²) in [5.41, 5.74) is 8.99. The van der Waals surface area contributed by atoms with Crippen molar-refractivity contribution in [3.05, 3.63) is 64.2 Å². The third-order valence-electron chi connectivity index (χ3n) is 5.02. The van der Waals surface area contributed by atoms with Gasteiger partial charge in [-0.1, -0.05) is 11.6 Å². The van der Waals surface area contributed by atoms with E-state index in [2.05, 4.69) is 16.4 Å². The fourth-order valence-corrected chi connectivity index (χ4v) is 3.77. The minimum Gasteiger partial charge on any atom is -0.493 e. The summed E-state index contributed by atoms with van der Waals surface area (Å²) in [5, 5.41) is 13.4. The number of hydrogen-bond acceptors (Lipinski definition) is 6. The summed E-state index contributed by atoms with van der Waals surface area (Å²) in [4.78, 5) is 18.2. The first-order chi connectivity index (χ1) is 15.7. The smallest absolute Gasteiger partial charge is 0.265 e. The van der Waals surface area contributed by atoms with E-state index >= 15 is 0 Å². The quantitative estimate of drug-likeness (QED) is 0.483. The van der Waals surface area contributed by atoms with Crippen LogP contribution in [-0.4, -0.2) is 36.5 Å². The molecule has 0 saturated heterocycles. The highest BCUT2D eigenvalue weighted by molar-refractivity contribution is 6.31. The molecule has 3 rings (SSSR count). The van der Waals surface area contributed by atoms with Gasteiger partial charge >= 0.3 is 0 Å². The predicted molar refractivity (Wildman–Crippen MR) is 128 cm³/mol. The fourth-order valence-electron chi connectivity index (χ4n) is 3.59. The van der Waals surface area contributed by atoms with E-state index in [1.165, 1.54) is 24.4 Å². The Kier molecular flexibility index (Phi) is 7.04. The number of nitrogens with one attached hydrogen (secondary N) is 1. The topological polar surface area (TPSA) is 104 Å². The molecule has 7 nitrogen and oxygen atoms in total. The molecule has 0 spiro atoms. The first kappa shape index (κ1) is 23.8. The Bertz CT molecular complexity index is 1310. The molecule has 33 heavy (non-hydrogen) atoms. The van der Waals surface area contributed by atoms with Crippen LogP contribution in [0.15, 0.2) is 42.2 Å². The van der Waals surface area contributed by atoms with Crippen molar-refractivity contribution in [2.45, 2.75) is 13.8 Å². The third-order valence-corrected chi connectivity index (χ3v) is 5.31. The molecule has 0 aliphatic carbocycles. The number of ether oxygens (including phenoxy) is 1. The number of benzene rings is 2. The second kappa shape index (κ2) is 9.76. The second-order valence-corrected chi connectivity index (χ2v) is 7.85. The summed E-state index contributed by atoms with van der Waals surface area (Å²) >= 11 is 5.93. The van der Waals surface area contributed by atoms with Crippen molar-refractivity contribution in [3.63, 3.8) is 0 Å². The Hall–Kier alpha value is -3.83. The van der Waals surface area contributed by atoms with Gasteiger partial charge in [0.25, 0.3) is 5.91 Å². The van der Waals surface area contributed by atoms with Crippen molar-refractivity contribution in [2.75, 3.05) is 26.0 Å². The van der Waals surface area contributed by atoms with Gasteiger partial charge in [-0.2, -0.15) is 5.26 Å². The molecule has 0 radical (unpaired) electrons. The number of aromatic nitrogens is 1. The Morgan fingerprint density at radius 1 is 1.33 bits per heavy atom. The zero-order chi connectivity index (χ0) is 24.3. The first-order valence-corrected chi connectivity index (χ1v) is 10.5. The molecule has 9 heteroatoms. The second-order valence-electron chi connectivity index (χ2n) is 7.44. The maximum absolute atomic E-state index is 13.6. The summed E-state index contributed by atoms with van der Waals surface area (Å²) in [7, 11) is 3.46. The molecule has 1 aromatic heterocycles. The van der Waals surface area contributed by atoms with Crippen LogP contribution in [0, 0.1) is 17.1 Å². The molecule has 170 valence electrons. The standard InChI is InChI=1S/C24H23ClFN5O2/c1-5-33-21-10-20-17(9-16(21)13(2)23(24(28)32)31(3)4)22(14(11-27)12-29-20)30-15-6-7-19(26)18(25)8-15/h6-10,12H,5H2,1-4H3,(H2,28,32)(H,29,30). The predicted octanol–water partition coefficient (Wildman–Crippen LogP) is 4.82. The van der Waals surface area contributed by atoms with Crippen molar-refractivity contribution in [3.8, 4) is 11.8 Å². The number of rotatable bonds is 7. The van der Waals surface area contributed by atoms with Crippen LogP contribution in [0.2, 0.25) is 5.02 Å². The van der Waals surface area contributed by atoms with Crippen LogP contribution < -0.4 is 15.8 Å². The number of fused-ring (bicyclic) bond motifs is 1. The lowest BCUT2D eigenvalue weighted by molar-refractivity contribution is -0.115. The number of primary amides is 1. The molecule has 0 bridgehead atoms. The number of amides is 1. The average Bonchev–Trinajstić information content (AvgIpc) is 2.75. The molecule has 1 heterocycles. The number of anilines is 2. The van der Waals surface area contributed by atoms with Crippen LogP contribution in [0.25, 0.3) is 16.5 Å². The van der Waals surface area contributed by atoms with Crippen LogP contribution in [0.5, 0.6) is 5.75 Å². The van der Waals surface area contributed by atoms with Crippen LogP contribution in [0.3, 0.4) is 0 Å². The zero-order valence-electron chi connectivity index (χ0n) is 18.7. The van der Waals surface area contributed by atoms with E-state index in [4.69, 9.17) is 22.1 Å². The number of nitriles is 1. The largest absolute Gasteiger partial charge is 0.493 e. The average molecular weight is 468 g/mol. The minimum atomic E-state index is -0.580. The van der Waals surface area contributed by atoms with Gasteiger partial charge < -0.3 is 20.7 Å². The molecule has 0 aliphatic heterocycles. The number of carbonyl (C=O) groups excluding carboxylic acids is 1. The normalized spacial score (nSPS) is 11.5. The number of nitrogens with two attached hydrogens (primary N) is 1. The van der Waals surface area contributed by atoms with E-state index in [0.29, 0.717) is 51.5 Å². The molecular weight excluding hydrogens is 445 g/mol. The lowest BCUT2D eigenvalue weighted by Crippen LogP contribution is -2.26. The molecule has 0 saturated carbocycles. The molecule has 0 atom stereocenters. The number of carbonyl (C=O) groups is 1. The van der Waals surface area contributed by atoms with Gasteiger partial charge in [0.1, 0.15) is 23.3 Å². The molecule has 3 N–H and O–H groups in total. The summed E-state index contributed by atoms with van der Waals surface area (Å²) in [6.07, 6.45) is 1.45. The van der Waals surface area contributed by atoms with Gasteiger partial charge in [-0.05, 0) is 43.7 Å². The molecule has 0 fully saturated rings. The SMILES string of the molecule is CCOc1cc2ncc(C#N)c(Nc3ccc(F)c(Cl)c3)c2cc1C(C)=C(C(N)=O)N(C)C. The van der Waals surface area contributed by atoms with Crippen molar-refractivity contribution in [1.29, 1.82) is 5.26 Å². The fraction of sp³-hybridized carbons (Fsp3) is 0.208. The Labute approximate surface area is 196 Å². The molecule has 0 aliphatic rings. The molecule has 3 aromatic rings. The lowest BCUT2D eigenvalue weighted by atomic mass is 9.99. The highest BCUT2D eigenvalue weighted by Crippen LogP contribution is 2.37.